The van der Waals surface area contributed by atoms with Crippen LogP contribution in [0.3, 0.4) is 0 Å². The number of fused-ring (bicyclic) bond motifs is 1. The maximum atomic E-state index is 13.9. The molecule has 0 saturated heterocycles. The van der Waals surface area contributed by atoms with Crippen molar-refractivity contribution in [1.29, 1.82) is 0 Å². The number of halogens is 1. The molecule has 0 bridgehead atoms. The Morgan fingerprint density at radius 1 is 0.870 bits per heavy atom. The normalized spacial score (nSPS) is 11.9. The van der Waals surface area contributed by atoms with E-state index in [0.717, 1.165) is 38.9 Å². The molecule has 0 aliphatic carbocycles. The number of carboxylic acids is 1. The molecule has 2 N–H and O–H groups in total. The lowest BCUT2D eigenvalue weighted by Crippen LogP contribution is -2.28. The van der Waals surface area contributed by atoms with Crippen LogP contribution in [0, 0.1) is 0 Å². The number of carboxylic acid groups (broad SMARTS) is 1. The molecule has 276 valence electrons. The van der Waals surface area contributed by atoms with Crippen molar-refractivity contribution in [3.63, 3.8) is 0 Å². The van der Waals surface area contributed by atoms with Crippen molar-refractivity contribution in [2.24, 2.45) is 0 Å². The molecule has 0 spiro atoms. The van der Waals surface area contributed by atoms with Gasteiger partial charge in [-0.15, -0.1) is 0 Å². The standard InChI is InChI=1S/C44H41ClN2O6S/c1-3-12-31(2)30-53-41-17-10-11-18-42(41)54(50,51)46-27-25-40-37(26-28-52-36-22-19-34(20-23-36)44(48)49)38-29-35(45)21-24-39(38)47(40)43(32-13-6-4-7-14-32)33-15-8-5-9-16-33/h3-24,29,43,46H,1,25-28,30H2,2H3,(H,48,49). The highest BCUT2D eigenvalue weighted by molar-refractivity contribution is 7.89. The largest absolute Gasteiger partial charge is 0.493 e. The number of benzene rings is 5. The predicted molar refractivity (Wildman–Crippen MR) is 214 cm³/mol. The molecule has 10 heteroatoms. The third-order valence-electron chi connectivity index (χ3n) is 9.04. The Kier molecular flexibility index (Phi) is 12.3. The van der Waals surface area contributed by atoms with E-state index in [1.165, 1.54) is 18.2 Å². The van der Waals surface area contributed by atoms with Gasteiger partial charge in [-0.05, 0) is 83.8 Å². The monoisotopic (exact) mass is 760 g/mol. The summed E-state index contributed by atoms with van der Waals surface area (Å²) in [6.07, 6.45) is 4.29. The number of carbonyl (C=O) groups is 1. The number of para-hydroxylation sites is 1. The van der Waals surface area contributed by atoms with Crippen molar-refractivity contribution in [2.45, 2.75) is 30.7 Å². The van der Waals surface area contributed by atoms with Crippen LogP contribution in [0.2, 0.25) is 5.02 Å². The Hall–Kier alpha value is -5.61. The molecule has 0 aliphatic heterocycles. The first-order chi connectivity index (χ1) is 26.2. The van der Waals surface area contributed by atoms with Crippen LogP contribution in [0.4, 0.5) is 0 Å². The smallest absolute Gasteiger partial charge is 0.335 e. The first kappa shape index (κ1) is 38.1. The van der Waals surface area contributed by atoms with E-state index in [4.69, 9.17) is 21.1 Å². The molecule has 0 atom stereocenters. The van der Waals surface area contributed by atoms with Crippen LogP contribution in [0.15, 0.2) is 157 Å². The number of ether oxygens (including phenoxy) is 2. The van der Waals surface area contributed by atoms with Gasteiger partial charge in [-0.2, -0.15) is 0 Å². The third-order valence-corrected chi connectivity index (χ3v) is 10.8. The zero-order valence-corrected chi connectivity index (χ0v) is 31.4. The van der Waals surface area contributed by atoms with Gasteiger partial charge >= 0.3 is 5.97 Å². The van der Waals surface area contributed by atoms with Crippen molar-refractivity contribution < 1.29 is 27.8 Å². The van der Waals surface area contributed by atoms with Crippen LogP contribution in [0.5, 0.6) is 11.5 Å². The van der Waals surface area contributed by atoms with E-state index in [9.17, 15) is 18.3 Å². The first-order valence-corrected chi connectivity index (χ1v) is 19.4. The summed E-state index contributed by atoms with van der Waals surface area (Å²) in [6.45, 7) is 6.20. The molecular weight excluding hydrogens is 720 g/mol. The van der Waals surface area contributed by atoms with Gasteiger partial charge in [0.2, 0.25) is 10.0 Å². The molecule has 5 aromatic carbocycles. The van der Waals surface area contributed by atoms with E-state index in [-0.39, 0.29) is 42.0 Å². The average molecular weight is 761 g/mol. The molecule has 0 amide bonds. The molecule has 0 aliphatic rings. The number of hydrogen-bond acceptors (Lipinski definition) is 5. The van der Waals surface area contributed by atoms with E-state index in [2.05, 4.69) is 40.1 Å². The summed E-state index contributed by atoms with van der Waals surface area (Å²) in [4.78, 5) is 11.4. The van der Waals surface area contributed by atoms with E-state index in [1.807, 2.05) is 67.6 Å². The lowest BCUT2D eigenvalue weighted by Gasteiger charge is -2.25. The number of nitrogens with one attached hydrogen (secondary N) is 1. The molecule has 1 aromatic heterocycles. The number of nitrogens with zero attached hydrogens (tertiary/aromatic N) is 1. The Bertz CT molecular complexity index is 2330. The van der Waals surface area contributed by atoms with Gasteiger partial charge in [0.25, 0.3) is 0 Å². The van der Waals surface area contributed by atoms with Crippen LogP contribution < -0.4 is 14.2 Å². The highest BCUT2D eigenvalue weighted by Gasteiger charge is 2.27. The summed E-state index contributed by atoms with van der Waals surface area (Å²) < 4.78 is 44.9. The van der Waals surface area contributed by atoms with Gasteiger partial charge in [-0.3, -0.25) is 0 Å². The van der Waals surface area contributed by atoms with Crippen LogP contribution in [-0.2, 0) is 22.9 Å². The Labute approximate surface area is 321 Å². The van der Waals surface area contributed by atoms with Gasteiger partial charge in [0.05, 0.1) is 18.2 Å². The maximum Gasteiger partial charge on any atom is 0.335 e. The van der Waals surface area contributed by atoms with Crippen molar-refractivity contribution in [2.75, 3.05) is 19.8 Å². The van der Waals surface area contributed by atoms with E-state index in [1.54, 1.807) is 36.4 Å². The van der Waals surface area contributed by atoms with Gasteiger partial charge < -0.3 is 19.1 Å². The average Bonchev–Trinajstić information content (AvgIpc) is 3.46. The molecule has 8 nitrogen and oxygen atoms in total. The van der Waals surface area contributed by atoms with E-state index < -0.39 is 16.0 Å². The number of sulfonamides is 1. The van der Waals surface area contributed by atoms with E-state index >= 15 is 0 Å². The van der Waals surface area contributed by atoms with Crippen molar-refractivity contribution in [3.8, 4) is 11.5 Å². The van der Waals surface area contributed by atoms with Gasteiger partial charge in [-0.25, -0.2) is 17.9 Å². The number of allylic oxidation sites excluding steroid dienone is 2. The minimum Gasteiger partial charge on any atom is -0.493 e. The fourth-order valence-corrected chi connectivity index (χ4v) is 7.94. The van der Waals surface area contributed by atoms with Crippen LogP contribution in [-0.4, -0.2) is 43.8 Å². The fourth-order valence-electron chi connectivity index (χ4n) is 6.59. The van der Waals surface area contributed by atoms with Gasteiger partial charge in [0, 0.05) is 41.0 Å². The Morgan fingerprint density at radius 2 is 1.52 bits per heavy atom. The molecule has 0 saturated carbocycles. The topological polar surface area (TPSA) is 107 Å². The predicted octanol–water partition coefficient (Wildman–Crippen LogP) is 9.28. The summed E-state index contributed by atoms with van der Waals surface area (Å²) >= 11 is 6.65. The fraction of sp³-hybridized carbons (Fsp3) is 0.159. The summed E-state index contributed by atoms with van der Waals surface area (Å²) in [5.74, 6) is -0.212. The summed E-state index contributed by atoms with van der Waals surface area (Å²) in [6, 6.07) is 38.9. The van der Waals surface area contributed by atoms with Gasteiger partial charge in [-0.1, -0.05) is 103 Å². The van der Waals surface area contributed by atoms with E-state index in [0.29, 0.717) is 23.6 Å². The second kappa shape index (κ2) is 17.5. The molecule has 1 heterocycles. The number of aromatic nitrogens is 1. The molecule has 0 unspecified atom stereocenters. The van der Waals surface area contributed by atoms with Crippen molar-refractivity contribution >= 4 is 38.5 Å². The highest BCUT2D eigenvalue weighted by Crippen LogP contribution is 2.38. The lowest BCUT2D eigenvalue weighted by atomic mass is 9.97. The Morgan fingerprint density at radius 3 is 2.17 bits per heavy atom. The molecule has 6 aromatic rings. The minimum atomic E-state index is -3.98. The van der Waals surface area contributed by atoms with Crippen LogP contribution in [0.1, 0.15) is 45.7 Å². The zero-order valence-electron chi connectivity index (χ0n) is 29.8. The second-order valence-corrected chi connectivity index (χ2v) is 14.9. The van der Waals surface area contributed by atoms with Crippen LogP contribution >= 0.6 is 11.6 Å². The number of aromatic carboxylic acids is 1. The molecule has 54 heavy (non-hydrogen) atoms. The number of rotatable bonds is 17. The SMILES string of the molecule is C=CC=C(C)COc1ccccc1S(=O)(=O)NCCc1c(CCOc2ccc(C(=O)O)cc2)c2cc(Cl)ccc2n1C(c1ccccc1)c1ccccc1. The van der Waals surface area contributed by atoms with Crippen molar-refractivity contribution in [1.82, 2.24) is 9.29 Å². The van der Waals surface area contributed by atoms with Crippen LogP contribution in [0.25, 0.3) is 10.9 Å². The molecule has 0 fully saturated rings. The van der Waals surface area contributed by atoms with Gasteiger partial charge in [0.1, 0.15) is 23.0 Å². The zero-order chi connectivity index (χ0) is 38.1. The summed E-state index contributed by atoms with van der Waals surface area (Å²) in [5.41, 5.74) is 6.03. The lowest BCUT2D eigenvalue weighted by molar-refractivity contribution is 0.0696. The third kappa shape index (κ3) is 8.94. The first-order valence-electron chi connectivity index (χ1n) is 17.5. The number of hydrogen-bond donors (Lipinski definition) is 2. The Balaban J connectivity index is 1.39. The summed E-state index contributed by atoms with van der Waals surface area (Å²) in [7, 11) is -3.98. The molecular formula is C44H41ClN2O6S. The second-order valence-electron chi connectivity index (χ2n) is 12.7. The minimum absolute atomic E-state index is 0.0534. The maximum absolute atomic E-state index is 13.9. The highest BCUT2D eigenvalue weighted by atomic mass is 35.5. The summed E-state index contributed by atoms with van der Waals surface area (Å²) in [5, 5.41) is 10.8. The quantitative estimate of drug-likeness (QED) is 0.0898. The molecule has 0 radical (unpaired) electrons. The molecule has 6 rings (SSSR count). The van der Waals surface area contributed by atoms with Gasteiger partial charge in [0.15, 0.2) is 0 Å². The van der Waals surface area contributed by atoms with Crippen molar-refractivity contribution in [3.05, 3.63) is 185 Å².